The summed E-state index contributed by atoms with van der Waals surface area (Å²) < 4.78 is 5.13. The van der Waals surface area contributed by atoms with Gasteiger partial charge in [0.25, 0.3) is 0 Å². The second-order valence-electron chi connectivity index (χ2n) is 5.28. The van der Waals surface area contributed by atoms with E-state index in [4.69, 9.17) is 10.6 Å². The molecule has 1 unspecified atom stereocenters. The zero-order chi connectivity index (χ0) is 16.0. The number of ether oxygens (including phenoxy) is 1. The SMILES string of the molecule is CCCCCC1=C([N+](=O)[O-])C(NC(C)C)N(N)C(OC)=N1. The van der Waals surface area contributed by atoms with Crippen molar-refractivity contribution in [2.75, 3.05) is 7.11 Å². The monoisotopic (exact) mass is 299 g/mol. The van der Waals surface area contributed by atoms with Crippen molar-refractivity contribution in [2.45, 2.75) is 58.7 Å². The number of hydrazine groups is 1. The number of nitrogens with two attached hydrogens (primary N) is 1. The van der Waals surface area contributed by atoms with E-state index in [0.29, 0.717) is 12.1 Å². The van der Waals surface area contributed by atoms with Crippen LogP contribution in [0, 0.1) is 10.1 Å². The molecule has 0 aromatic heterocycles. The molecule has 0 spiro atoms. The average Bonchev–Trinajstić information content (AvgIpc) is 2.41. The Labute approximate surface area is 125 Å². The van der Waals surface area contributed by atoms with Gasteiger partial charge in [-0.2, -0.15) is 4.99 Å². The molecular formula is C13H25N5O3. The van der Waals surface area contributed by atoms with E-state index in [1.54, 1.807) is 0 Å². The summed E-state index contributed by atoms with van der Waals surface area (Å²) in [4.78, 5) is 15.2. The van der Waals surface area contributed by atoms with Crippen molar-refractivity contribution in [2.24, 2.45) is 10.8 Å². The normalized spacial score (nSPS) is 19.0. The highest BCUT2D eigenvalue weighted by Crippen LogP contribution is 2.24. The van der Waals surface area contributed by atoms with E-state index in [2.05, 4.69) is 17.2 Å². The van der Waals surface area contributed by atoms with Crippen molar-refractivity contribution in [3.8, 4) is 0 Å². The molecule has 3 N–H and O–H groups in total. The van der Waals surface area contributed by atoms with Gasteiger partial charge in [-0.3, -0.25) is 15.4 Å². The summed E-state index contributed by atoms with van der Waals surface area (Å²) in [6.07, 6.45) is 2.69. The van der Waals surface area contributed by atoms with Crippen molar-refractivity contribution >= 4 is 6.02 Å². The number of nitro groups is 1. The number of nitrogens with zero attached hydrogens (tertiary/aromatic N) is 3. The molecule has 8 nitrogen and oxygen atoms in total. The van der Waals surface area contributed by atoms with Gasteiger partial charge in [-0.25, -0.2) is 10.9 Å². The lowest BCUT2D eigenvalue weighted by Crippen LogP contribution is -2.58. The molecule has 8 heteroatoms. The van der Waals surface area contributed by atoms with E-state index >= 15 is 0 Å². The number of allylic oxidation sites excluding steroid dienone is 1. The minimum Gasteiger partial charge on any atom is -0.467 e. The number of nitrogens with one attached hydrogen (secondary N) is 1. The van der Waals surface area contributed by atoms with Crippen molar-refractivity contribution in [3.05, 3.63) is 21.5 Å². The Kier molecular flexibility index (Phi) is 6.57. The van der Waals surface area contributed by atoms with E-state index < -0.39 is 11.1 Å². The van der Waals surface area contributed by atoms with E-state index in [0.717, 1.165) is 19.3 Å². The molecule has 0 fully saturated rings. The summed E-state index contributed by atoms with van der Waals surface area (Å²) in [6.45, 7) is 5.89. The number of unbranched alkanes of at least 4 members (excludes halogenated alkanes) is 2. The van der Waals surface area contributed by atoms with E-state index in [1.165, 1.54) is 12.1 Å². The van der Waals surface area contributed by atoms with E-state index in [1.807, 2.05) is 13.8 Å². The molecule has 1 aliphatic rings. The van der Waals surface area contributed by atoms with Crippen molar-refractivity contribution in [1.29, 1.82) is 0 Å². The molecule has 0 aliphatic carbocycles. The number of methoxy groups -OCH3 is 1. The Bertz CT molecular complexity index is 434. The van der Waals surface area contributed by atoms with Gasteiger partial charge in [0, 0.05) is 6.04 Å². The topological polar surface area (TPSA) is 106 Å². The number of aliphatic imine (C=N–C) groups is 1. The van der Waals surface area contributed by atoms with Gasteiger partial charge >= 0.3 is 11.7 Å². The van der Waals surface area contributed by atoms with Crippen LogP contribution < -0.4 is 11.2 Å². The third-order valence-corrected chi connectivity index (χ3v) is 3.17. The van der Waals surface area contributed by atoms with Crippen LogP contribution in [0.15, 0.2) is 16.4 Å². The van der Waals surface area contributed by atoms with Crippen LogP contribution >= 0.6 is 0 Å². The third-order valence-electron chi connectivity index (χ3n) is 3.17. The highest BCUT2D eigenvalue weighted by atomic mass is 16.6. The number of hydrogen-bond acceptors (Lipinski definition) is 7. The Morgan fingerprint density at radius 1 is 1.52 bits per heavy atom. The quantitative estimate of drug-likeness (QED) is 0.320. The Balaban J connectivity index is 3.15. The van der Waals surface area contributed by atoms with Gasteiger partial charge in [0.15, 0.2) is 6.17 Å². The summed E-state index contributed by atoms with van der Waals surface area (Å²) in [5, 5.41) is 15.7. The maximum Gasteiger partial charge on any atom is 0.308 e. The second kappa shape index (κ2) is 7.94. The number of hydrogen-bond donors (Lipinski definition) is 2. The summed E-state index contributed by atoms with van der Waals surface area (Å²) in [7, 11) is 1.45. The summed E-state index contributed by atoms with van der Waals surface area (Å²) in [5.74, 6) is 5.90. The standard InChI is InChI=1S/C13H25N5O3/c1-5-6-7-8-10-11(18(19)20)12(15-9(2)3)17(14)13(16-10)21-4/h9,12,15H,5-8,14H2,1-4H3. The van der Waals surface area contributed by atoms with Crippen LogP contribution in [0.25, 0.3) is 0 Å². The zero-order valence-electron chi connectivity index (χ0n) is 13.1. The van der Waals surface area contributed by atoms with E-state index in [-0.39, 0.29) is 17.8 Å². The Morgan fingerprint density at radius 3 is 2.67 bits per heavy atom. The maximum atomic E-state index is 11.4. The lowest BCUT2D eigenvalue weighted by Gasteiger charge is -2.32. The molecule has 0 saturated carbocycles. The first-order chi connectivity index (χ1) is 9.92. The molecule has 21 heavy (non-hydrogen) atoms. The fourth-order valence-corrected chi connectivity index (χ4v) is 2.19. The molecule has 0 radical (unpaired) electrons. The van der Waals surface area contributed by atoms with Gasteiger partial charge in [0.05, 0.1) is 12.0 Å². The van der Waals surface area contributed by atoms with Crippen LogP contribution in [0.3, 0.4) is 0 Å². The number of rotatable bonds is 7. The van der Waals surface area contributed by atoms with Crippen molar-refractivity contribution < 1.29 is 9.66 Å². The minimum atomic E-state index is -0.746. The molecule has 1 atom stereocenters. The molecule has 0 amide bonds. The average molecular weight is 299 g/mol. The predicted molar refractivity (Wildman–Crippen MR) is 80.7 cm³/mol. The molecule has 1 aliphatic heterocycles. The first kappa shape index (κ1) is 17.4. The van der Waals surface area contributed by atoms with Gasteiger partial charge in [-0.1, -0.05) is 19.8 Å². The minimum absolute atomic E-state index is 0.00287. The van der Waals surface area contributed by atoms with Gasteiger partial charge in [-0.05, 0) is 26.7 Å². The number of amidine groups is 1. The molecule has 0 aromatic carbocycles. The van der Waals surface area contributed by atoms with Crippen LogP contribution in [0.1, 0.15) is 46.5 Å². The smallest absolute Gasteiger partial charge is 0.308 e. The summed E-state index contributed by atoms with van der Waals surface area (Å²) in [6, 6.07) is 0.217. The molecule has 1 rings (SSSR count). The molecule has 120 valence electrons. The molecule has 1 heterocycles. The maximum absolute atomic E-state index is 11.4. The van der Waals surface area contributed by atoms with Gasteiger partial charge in [0.1, 0.15) is 5.70 Å². The molecule has 0 aromatic rings. The highest BCUT2D eigenvalue weighted by Gasteiger charge is 2.39. The lowest BCUT2D eigenvalue weighted by atomic mass is 10.1. The van der Waals surface area contributed by atoms with Crippen molar-refractivity contribution in [3.63, 3.8) is 0 Å². The molecule has 0 bridgehead atoms. The Morgan fingerprint density at radius 2 is 2.19 bits per heavy atom. The highest BCUT2D eigenvalue weighted by molar-refractivity contribution is 5.76. The van der Waals surface area contributed by atoms with Crippen LogP contribution in [0.4, 0.5) is 0 Å². The van der Waals surface area contributed by atoms with Gasteiger partial charge in [0.2, 0.25) is 0 Å². The van der Waals surface area contributed by atoms with Crippen molar-refractivity contribution in [1.82, 2.24) is 10.3 Å². The van der Waals surface area contributed by atoms with Crippen LogP contribution in [-0.2, 0) is 4.74 Å². The van der Waals surface area contributed by atoms with Gasteiger partial charge in [-0.15, -0.1) is 0 Å². The first-order valence-corrected chi connectivity index (χ1v) is 7.22. The van der Waals surface area contributed by atoms with Gasteiger partial charge < -0.3 is 4.74 Å². The lowest BCUT2D eigenvalue weighted by molar-refractivity contribution is -0.435. The van der Waals surface area contributed by atoms with Crippen LogP contribution in [-0.4, -0.2) is 35.3 Å². The molecular weight excluding hydrogens is 274 g/mol. The Hall–Kier alpha value is -1.67. The third kappa shape index (κ3) is 4.40. The van der Waals surface area contributed by atoms with E-state index in [9.17, 15) is 10.1 Å². The fraction of sp³-hybridized carbons (Fsp3) is 0.769. The summed E-state index contributed by atoms with van der Waals surface area (Å²) in [5.41, 5.74) is 0.438. The largest absolute Gasteiger partial charge is 0.467 e. The van der Waals surface area contributed by atoms with Crippen LogP contribution in [0.2, 0.25) is 0 Å². The predicted octanol–water partition coefficient (Wildman–Crippen LogP) is 1.57. The fourth-order valence-electron chi connectivity index (χ4n) is 2.19. The summed E-state index contributed by atoms with van der Waals surface area (Å²) >= 11 is 0. The first-order valence-electron chi connectivity index (χ1n) is 7.22. The molecule has 0 saturated heterocycles. The van der Waals surface area contributed by atoms with Crippen LogP contribution in [0.5, 0.6) is 0 Å². The zero-order valence-corrected chi connectivity index (χ0v) is 13.1. The second-order valence-corrected chi connectivity index (χ2v) is 5.28.